The van der Waals surface area contributed by atoms with Crippen LogP contribution in [0.15, 0.2) is 30.6 Å². The summed E-state index contributed by atoms with van der Waals surface area (Å²) in [4.78, 5) is 46.4. The number of halogens is 5. The predicted octanol–water partition coefficient (Wildman–Crippen LogP) is 3.45. The molecule has 2 aliphatic rings. The first-order valence-electron chi connectivity index (χ1n) is 13.5. The molecule has 43 heavy (non-hydrogen) atoms. The number of carbonyl (C=O) groups is 3. The van der Waals surface area contributed by atoms with Gasteiger partial charge in [0.15, 0.2) is 11.5 Å². The highest BCUT2D eigenvalue weighted by atomic mass is 35.5. The van der Waals surface area contributed by atoms with Gasteiger partial charge < -0.3 is 25.0 Å². The fourth-order valence-electron chi connectivity index (χ4n) is 5.34. The number of piperidine rings is 1. The maximum Gasteiger partial charge on any atom is 0.435 e. The van der Waals surface area contributed by atoms with E-state index in [9.17, 15) is 27.6 Å². The highest BCUT2D eigenvalue weighted by Crippen LogP contribution is 2.36. The highest BCUT2D eigenvalue weighted by Gasteiger charge is 2.38. The van der Waals surface area contributed by atoms with Crippen molar-refractivity contribution in [2.45, 2.75) is 19.0 Å². The standard InChI is InChI=1S/C27H30ClF3N8O3.ClH/c1-36-15-19(22(35-36)27(29,30)31)21-14-33-23(37(21)2)24(40)34-17-3-4-18(20(28)13-17)26(42)39-11-9-38(10-12-39)25(41)16-5-7-32-8-6-16;/h3-4,13-16,32H,5-12H2,1-2H3,(H,34,40);1H. The smallest absolute Gasteiger partial charge is 0.339 e. The van der Waals surface area contributed by atoms with Crippen LogP contribution in [0.5, 0.6) is 0 Å². The van der Waals surface area contributed by atoms with Crippen molar-refractivity contribution in [2.24, 2.45) is 20.0 Å². The third kappa shape index (κ3) is 6.81. The largest absolute Gasteiger partial charge is 0.435 e. The Morgan fingerprint density at radius 2 is 1.70 bits per heavy atom. The van der Waals surface area contributed by atoms with Crippen LogP contribution in [0.2, 0.25) is 5.02 Å². The van der Waals surface area contributed by atoms with Crippen molar-refractivity contribution in [1.29, 1.82) is 0 Å². The minimum Gasteiger partial charge on any atom is -0.339 e. The van der Waals surface area contributed by atoms with Gasteiger partial charge in [-0.2, -0.15) is 18.3 Å². The third-order valence-electron chi connectivity index (χ3n) is 7.59. The first-order chi connectivity index (χ1) is 19.9. The molecule has 2 aromatic heterocycles. The second-order valence-electron chi connectivity index (χ2n) is 10.4. The second kappa shape index (κ2) is 12.9. The molecule has 1 aromatic carbocycles. The number of hydrogen-bond acceptors (Lipinski definition) is 6. The zero-order valence-corrected chi connectivity index (χ0v) is 25.0. The van der Waals surface area contributed by atoms with Gasteiger partial charge in [-0.05, 0) is 44.1 Å². The van der Waals surface area contributed by atoms with E-state index in [0.29, 0.717) is 26.2 Å². The first-order valence-corrected chi connectivity index (χ1v) is 13.8. The lowest BCUT2D eigenvalue weighted by Gasteiger charge is -2.37. The van der Waals surface area contributed by atoms with Gasteiger partial charge in [-0.25, -0.2) is 4.98 Å². The van der Waals surface area contributed by atoms with Gasteiger partial charge >= 0.3 is 6.18 Å². The fraction of sp³-hybridized carbons (Fsp3) is 0.444. The van der Waals surface area contributed by atoms with E-state index in [0.717, 1.165) is 30.6 Å². The molecule has 0 spiro atoms. The molecular formula is C27H31Cl2F3N8O3. The lowest BCUT2D eigenvalue weighted by molar-refractivity contribution is -0.141. The molecule has 0 aliphatic carbocycles. The first kappa shape index (κ1) is 32.3. The van der Waals surface area contributed by atoms with Crippen molar-refractivity contribution in [3.63, 3.8) is 0 Å². The molecule has 5 rings (SSSR count). The van der Waals surface area contributed by atoms with Gasteiger partial charge in [-0.15, -0.1) is 12.4 Å². The predicted molar refractivity (Wildman–Crippen MR) is 155 cm³/mol. The lowest BCUT2D eigenvalue weighted by atomic mass is 9.96. The molecule has 2 N–H and O–H groups in total. The molecule has 0 radical (unpaired) electrons. The molecule has 2 aliphatic heterocycles. The zero-order chi connectivity index (χ0) is 30.2. The van der Waals surface area contributed by atoms with Crippen LogP contribution >= 0.6 is 24.0 Å². The Bertz CT molecular complexity index is 1510. The molecule has 0 unspecified atom stereocenters. The van der Waals surface area contributed by atoms with Crippen molar-refractivity contribution in [3.05, 3.63) is 52.7 Å². The number of aromatic nitrogens is 4. The van der Waals surface area contributed by atoms with Crippen molar-refractivity contribution < 1.29 is 27.6 Å². The lowest BCUT2D eigenvalue weighted by Crippen LogP contribution is -2.52. The molecule has 0 saturated carbocycles. The number of carbonyl (C=O) groups excluding carboxylic acids is 3. The van der Waals surface area contributed by atoms with E-state index in [2.05, 4.69) is 20.7 Å². The zero-order valence-electron chi connectivity index (χ0n) is 23.4. The number of imidazole rings is 1. The average molecular weight is 643 g/mol. The van der Waals surface area contributed by atoms with Crippen LogP contribution < -0.4 is 10.6 Å². The second-order valence-corrected chi connectivity index (χ2v) is 10.8. The summed E-state index contributed by atoms with van der Waals surface area (Å²) in [7, 11) is 2.80. The summed E-state index contributed by atoms with van der Waals surface area (Å²) in [6, 6.07) is 4.44. The van der Waals surface area contributed by atoms with E-state index in [1.165, 1.54) is 49.3 Å². The minimum atomic E-state index is -4.68. The molecule has 16 heteroatoms. The van der Waals surface area contributed by atoms with Gasteiger partial charge in [0.2, 0.25) is 5.91 Å². The van der Waals surface area contributed by atoms with Gasteiger partial charge in [0.25, 0.3) is 11.8 Å². The summed E-state index contributed by atoms with van der Waals surface area (Å²) in [5.41, 5.74) is -0.690. The average Bonchev–Trinajstić information content (AvgIpc) is 3.55. The maximum absolute atomic E-state index is 13.5. The molecule has 2 saturated heterocycles. The normalized spacial score (nSPS) is 16.1. The van der Waals surface area contributed by atoms with Crippen molar-refractivity contribution >= 4 is 47.4 Å². The quantitative estimate of drug-likeness (QED) is 0.440. The Labute approximate surface area is 256 Å². The van der Waals surface area contributed by atoms with Crippen LogP contribution in [0, 0.1) is 5.92 Å². The van der Waals surface area contributed by atoms with Crippen molar-refractivity contribution in [2.75, 3.05) is 44.6 Å². The Morgan fingerprint density at radius 3 is 2.33 bits per heavy atom. The molecule has 0 bridgehead atoms. The molecule has 4 heterocycles. The van der Waals surface area contributed by atoms with Gasteiger partial charge in [-0.1, -0.05) is 11.6 Å². The van der Waals surface area contributed by atoms with Crippen LogP contribution in [-0.4, -0.2) is 86.1 Å². The van der Waals surface area contributed by atoms with E-state index >= 15 is 0 Å². The number of anilines is 1. The molecule has 2 fully saturated rings. The molecular weight excluding hydrogens is 612 g/mol. The molecule has 3 aromatic rings. The topological polar surface area (TPSA) is 117 Å². The van der Waals surface area contributed by atoms with Gasteiger partial charge in [0.05, 0.1) is 28.0 Å². The number of nitrogens with one attached hydrogen (secondary N) is 2. The number of nitrogens with zero attached hydrogens (tertiary/aromatic N) is 6. The summed E-state index contributed by atoms with van der Waals surface area (Å²) in [6.07, 6.45) is -0.654. The number of amides is 3. The Balaban J connectivity index is 0.00000423. The van der Waals surface area contributed by atoms with Crippen LogP contribution in [0.25, 0.3) is 11.3 Å². The van der Waals surface area contributed by atoms with Crippen molar-refractivity contribution in [3.8, 4) is 11.3 Å². The van der Waals surface area contributed by atoms with E-state index < -0.39 is 17.8 Å². The molecule has 3 amide bonds. The SMILES string of the molecule is Cl.Cn1cc(-c2cnc(C(=O)Nc3ccc(C(=O)N4CCN(C(=O)C5CCNCC5)CC4)c(Cl)c3)n2C)c(C(F)(F)F)n1. The van der Waals surface area contributed by atoms with Gasteiger partial charge in [-0.3, -0.25) is 19.1 Å². The Hall–Kier alpha value is -3.62. The third-order valence-corrected chi connectivity index (χ3v) is 7.90. The summed E-state index contributed by atoms with van der Waals surface area (Å²) >= 11 is 6.43. The van der Waals surface area contributed by atoms with Crippen molar-refractivity contribution in [1.82, 2.24) is 34.4 Å². The fourth-order valence-corrected chi connectivity index (χ4v) is 5.60. The van der Waals surface area contributed by atoms with Crippen LogP contribution in [-0.2, 0) is 25.1 Å². The number of piperazine rings is 1. The molecule has 0 atom stereocenters. The summed E-state index contributed by atoms with van der Waals surface area (Å²) in [5, 5.41) is 9.51. The maximum atomic E-state index is 13.5. The Kier molecular flexibility index (Phi) is 9.72. The van der Waals surface area contributed by atoms with Crippen LogP contribution in [0.3, 0.4) is 0 Å². The molecule has 232 valence electrons. The van der Waals surface area contributed by atoms with E-state index in [4.69, 9.17) is 11.6 Å². The Morgan fingerprint density at radius 1 is 1.05 bits per heavy atom. The number of rotatable bonds is 5. The van der Waals surface area contributed by atoms with E-state index in [1.54, 1.807) is 4.90 Å². The van der Waals surface area contributed by atoms with Gasteiger partial charge in [0.1, 0.15) is 0 Å². The van der Waals surface area contributed by atoms with E-state index in [1.807, 2.05) is 4.90 Å². The van der Waals surface area contributed by atoms with Crippen LogP contribution in [0.4, 0.5) is 18.9 Å². The molecule has 11 nitrogen and oxygen atoms in total. The summed E-state index contributed by atoms with van der Waals surface area (Å²) < 4.78 is 42.7. The number of benzene rings is 1. The number of hydrogen-bond donors (Lipinski definition) is 2. The summed E-state index contributed by atoms with van der Waals surface area (Å²) in [6.45, 7) is 3.35. The van der Waals surface area contributed by atoms with E-state index in [-0.39, 0.29) is 63.5 Å². The summed E-state index contributed by atoms with van der Waals surface area (Å²) in [5.74, 6) is -0.919. The minimum absolute atomic E-state index is 0. The number of aryl methyl sites for hydroxylation is 1. The number of alkyl halides is 3. The monoisotopic (exact) mass is 642 g/mol. The van der Waals surface area contributed by atoms with Crippen LogP contribution in [0.1, 0.15) is 39.5 Å². The van der Waals surface area contributed by atoms with Gasteiger partial charge in [0, 0.05) is 58.1 Å². The highest BCUT2D eigenvalue weighted by molar-refractivity contribution is 6.34.